The van der Waals surface area contributed by atoms with Gasteiger partial charge in [-0.2, -0.15) is 0 Å². The highest BCUT2D eigenvalue weighted by Crippen LogP contribution is 2.23. The van der Waals surface area contributed by atoms with Gasteiger partial charge in [0.2, 0.25) is 0 Å². The minimum absolute atomic E-state index is 0.600. The van der Waals surface area contributed by atoms with Crippen LogP contribution in [0.15, 0.2) is 30.3 Å². The SMILES string of the molecule is CCCCNc1cc(Cc2ccc(CN3CCCC3)cc2)c(C)nc1N. The van der Waals surface area contributed by atoms with Crippen molar-refractivity contribution in [3.8, 4) is 0 Å². The third kappa shape index (κ3) is 4.98. The molecule has 3 N–H and O–H groups in total. The average molecular weight is 353 g/mol. The molecule has 4 nitrogen and oxygen atoms in total. The van der Waals surface area contributed by atoms with Crippen molar-refractivity contribution in [2.24, 2.45) is 0 Å². The molecule has 2 heterocycles. The van der Waals surface area contributed by atoms with E-state index in [2.05, 4.69) is 52.5 Å². The number of benzene rings is 1. The third-order valence-electron chi connectivity index (χ3n) is 5.22. The summed E-state index contributed by atoms with van der Waals surface area (Å²) in [5.74, 6) is 0.600. The maximum Gasteiger partial charge on any atom is 0.147 e. The summed E-state index contributed by atoms with van der Waals surface area (Å²) in [6, 6.07) is 11.2. The fraction of sp³-hybridized carbons (Fsp3) is 0.500. The number of rotatable bonds is 8. The number of anilines is 2. The number of nitrogen functional groups attached to an aromatic ring is 1. The number of hydrogen-bond acceptors (Lipinski definition) is 4. The van der Waals surface area contributed by atoms with Gasteiger partial charge in [-0.3, -0.25) is 4.90 Å². The van der Waals surface area contributed by atoms with E-state index in [0.29, 0.717) is 5.82 Å². The van der Waals surface area contributed by atoms with Crippen molar-refractivity contribution in [3.63, 3.8) is 0 Å². The second kappa shape index (κ2) is 9.04. The van der Waals surface area contributed by atoms with Crippen LogP contribution in [-0.2, 0) is 13.0 Å². The van der Waals surface area contributed by atoms with Crippen molar-refractivity contribution >= 4 is 11.5 Å². The highest BCUT2D eigenvalue weighted by atomic mass is 15.1. The first-order valence-electron chi connectivity index (χ1n) is 9.95. The van der Waals surface area contributed by atoms with E-state index in [1.54, 1.807) is 0 Å². The van der Waals surface area contributed by atoms with Gasteiger partial charge in [0.1, 0.15) is 5.82 Å². The smallest absolute Gasteiger partial charge is 0.147 e. The maximum absolute atomic E-state index is 6.09. The molecule has 3 rings (SSSR count). The summed E-state index contributed by atoms with van der Waals surface area (Å²) in [6.45, 7) is 8.74. The van der Waals surface area contributed by atoms with Crippen LogP contribution in [0.1, 0.15) is 55.0 Å². The van der Waals surface area contributed by atoms with Crippen molar-refractivity contribution in [1.82, 2.24) is 9.88 Å². The Labute approximate surface area is 157 Å². The van der Waals surface area contributed by atoms with E-state index in [1.807, 2.05) is 6.92 Å². The summed E-state index contributed by atoms with van der Waals surface area (Å²) in [7, 11) is 0. The van der Waals surface area contributed by atoms with Crippen molar-refractivity contribution < 1.29 is 0 Å². The Morgan fingerprint density at radius 2 is 1.81 bits per heavy atom. The molecule has 1 fully saturated rings. The molecule has 0 bridgehead atoms. The zero-order valence-corrected chi connectivity index (χ0v) is 16.2. The van der Waals surface area contributed by atoms with E-state index in [-0.39, 0.29) is 0 Å². The van der Waals surface area contributed by atoms with E-state index in [0.717, 1.165) is 37.3 Å². The number of nitrogens with one attached hydrogen (secondary N) is 1. The first kappa shape index (κ1) is 18.7. The number of pyridine rings is 1. The van der Waals surface area contributed by atoms with Gasteiger partial charge in [0, 0.05) is 18.8 Å². The molecule has 0 spiro atoms. The summed E-state index contributed by atoms with van der Waals surface area (Å²) in [6.07, 6.45) is 5.89. The van der Waals surface area contributed by atoms with Gasteiger partial charge in [0.15, 0.2) is 0 Å². The lowest BCUT2D eigenvalue weighted by Gasteiger charge is -2.15. The topological polar surface area (TPSA) is 54.2 Å². The van der Waals surface area contributed by atoms with Crippen molar-refractivity contribution in [1.29, 1.82) is 0 Å². The van der Waals surface area contributed by atoms with Crippen LogP contribution in [0.5, 0.6) is 0 Å². The lowest BCUT2D eigenvalue weighted by Crippen LogP contribution is -2.18. The Hall–Kier alpha value is -2.07. The van der Waals surface area contributed by atoms with Crippen LogP contribution in [0.25, 0.3) is 0 Å². The molecule has 26 heavy (non-hydrogen) atoms. The number of aromatic nitrogens is 1. The molecule has 0 saturated carbocycles. The number of aryl methyl sites for hydroxylation is 1. The Kier molecular flexibility index (Phi) is 6.51. The minimum Gasteiger partial charge on any atom is -0.382 e. The van der Waals surface area contributed by atoms with Gasteiger partial charge >= 0.3 is 0 Å². The Balaban J connectivity index is 1.66. The molecular weight excluding hydrogens is 320 g/mol. The van der Waals surface area contributed by atoms with Gasteiger partial charge in [-0.25, -0.2) is 4.98 Å². The molecule has 1 aliphatic rings. The van der Waals surface area contributed by atoms with E-state index in [4.69, 9.17) is 5.73 Å². The maximum atomic E-state index is 6.09. The molecule has 1 saturated heterocycles. The summed E-state index contributed by atoms with van der Waals surface area (Å²) in [5, 5.41) is 3.42. The van der Waals surface area contributed by atoms with Crippen LogP contribution in [-0.4, -0.2) is 29.5 Å². The van der Waals surface area contributed by atoms with E-state index >= 15 is 0 Å². The first-order chi connectivity index (χ1) is 12.7. The molecule has 0 unspecified atom stereocenters. The standard InChI is InChI=1S/C22H32N4/c1-3-4-11-24-21-15-20(17(2)25-22(21)23)14-18-7-9-19(10-8-18)16-26-12-5-6-13-26/h7-10,15,24H,3-6,11-14,16H2,1-2H3,(H2,23,25). The first-order valence-corrected chi connectivity index (χ1v) is 9.95. The number of unbranched alkanes of at least 4 members (excludes halogenated alkanes) is 1. The van der Waals surface area contributed by atoms with Gasteiger partial charge in [0.25, 0.3) is 0 Å². The lowest BCUT2D eigenvalue weighted by molar-refractivity contribution is 0.331. The normalized spacial score (nSPS) is 14.7. The van der Waals surface area contributed by atoms with Crippen molar-refractivity contribution in [3.05, 3.63) is 52.7 Å². The fourth-order valence-electron chi connectivity index (χ4n) is 3.57. The van der Waals surface area contributed by atoms with Gasteiger partial charge in [-0.05, 0) is 68.5 Å². The summed E-state index contributed by atoms with van der Waals surface area (Å²) >= 11 is 0. The number of nitrogens with zero attached hydrogens (tertiary/aromatic N) is 2. The van der Waals surface area contributed by atoms with Crippen LogP contribution < -0.4 is 11.1 Å². The van der Waals surface area contributed by atoms with Crippen LogP contribution in [0, 0.1) is 6.92 Å². The molecule has 1 aromatic carbocycles. The predicted octanol–water partition coefficient (Wildman–Crippen LogP) is 4.37. The Morgan fingerprint density at radius 1 is 1.12 bits per heavy atom. The van der Waals surface area contributed by atoms with Crippen molar-refractivity contribution in [2.75, 3.05) is 30.7 Å². The Bertz CT molecular complexity index is 703. The average Bonchev–Trinajstić information content (AvgIpc) is 3.13. The van der Waals surface area contributed by atoms with Gasteiger partial charge in [-0.1, -0.05) is 37.6 Å². The summed E-state index contributed by atoms with van der Waals surface area (Å²) in [5.41, 5.74) is 12.0. The summed E-state index contributed by atoms with van der Waals surface area (Å²) < 4.78 is 0. The monoisotopic (exact) mass is 352 g/mol. The highest BCUT2D eigenvalue weighted by Gasteiger charge is 2.12. The van der Waals surface area contributed by atoms with E-state index in [1.165, 1.54) is 49.0 Å². The van der Waals surface area contributed by atoms with E-state index < -0.39 is 0 Å². The second-order valence-corrected chi connectivity index (χ2v) is 7.42. The predicted molar refractivity (Wildman–Crippen MR) is 111 cm³/mol. The molecule has 2 aromatic rings. The quantitative estimate of drug-likeness (QED) is 0.693. The van der Waals surface area contributed by atoms with Crippen LogP contribution in [0.2, 0.25) is 0 Å². The van der Waals surface area contributed by atoms with Gasteiger partial charge < -0.3 is 11.1 Å². The van der Waals surface area contributed by atoms with Crippen molar-refractivity contribution in [2.45, 2.75) is 52.5 Å². The molecule has 140 valence electrons. The Morgan fingerprint density at radius 3 is 2.50 bits per heavy atom. The largest absolute Gasteiger partial charge is 0.382 e. The molecule has 0 amide bonds. The molecule has 1 aliphatic heterocycles. The fourth-order valence-corrected chi connectivity index (χ4v) is 3.57. The zero-order valence-electron chi connectivity index (χ0n) is 16.2. The second-order valence-electron chi connectivity index (χ2n) is 7.42. The third-order valence-corrected chi connectivity index (χ3v) is 5.22. The number of nitrogens with two attached hydrogens (primary N) is 1. The molecule has 1 aromatic heterocycles. The number of likely N-dealkylation sites (tertiary alicyclic amines) is 1. The van der Waals surface area contributed by atoms with E-state index in [9.17, 15) is 0 Å². The number of hydrogen-bond donors (Lipinski definition) is 2. The van der Waals surface area contributed by atoms with Crippen LogP contribution in [0.3, 0.4) is 0 Å². The molecule has 0 radical (unpaired) electrons. The van der Waals surface area contributed by atoms with Gasteiger partial charge in [-0.15, -0.1) is 0 Å². The van der Waals surface area contributed by atoms with Crippen LogP contribution >= 0.6 is 0 Å². The molecular formula is C22H32N4. The van der Waals surface area contributed by atoms with Gasteiger partial charge in [0.05, 0.1) is 5.69 Å². The minimum atomic E-state index is 0.600. The molecule has 0 atom stereocenters. The highest BCUT2D eigenvalue weighted by molar-refractivity contribution is 5.63. The van der Waals surface area contributed by atoms with Crippen LogP contribution in [0.4, 0.5) is 11.5 Å². The molecule has 4 heteroatoms. The zero-order chi connectivity index (χ0) is 18.4. The lowest BCUT2D eigenvalue weighted by atomic mass is 10.0. The summed E-state index contributed by atoms with van der Waals surface area (Å²) in [4.78, 5) is 7.08. The molecule has 0 aliphatic carbocycles.